The molecule has 1 amide bonds. The van der Waals surface area contributed by atoms with Crippen molar-refractivity contribution in [2.75, 3.05) is 0 Å². The maximum Gasteiger partial charge on any atom is 0.405 e. The van der Waals surface area contributed by atoms with Gasteiger partial charge in [-0.15, -0.1) is 0 Å². The zero-order valence-electron chi connectivity index (χ0n) is 16.0. The maximum absolute atomic E-state index is 11.3. The highest BCUT2D eigenvalue weighted by Gasteiger charge is 2.40. The van der Waals surface area contributed by atoms with E-state index in [0.717, 1.165) is 51.8 Å². The van der Waals surface area contributed by atoms with Gasteiger partial charge in [-0.05, 0) is 46.3 Å². The van der Waals surface area contributed by atoms with E-state index in [1.54, 1.807) is 6.20 Å². The average Bonchev–Trinajstić information content (AvgIpc) is 3.10. The number of carboxylic acid groups (broad SMARTS) is 1. The second kappa shape index (κ2) is 7.25. The van der Waals surface area contributed by atoms with E-state index in [1.165, 1.54) is 0 Å². The van der Waals surface area contributed by atoms with Crippen LogP contribution in [0.25, 0.3) is 28.2 Å². The summed E-state index contributed by atoms with van der Waals surface area (Å²) in [6, 6.07) is 18.2. The summed E-state index contributed by atoms with van der Waals surface area (Å²) >= 11 is 3.53. The fraction of sp³-hybridized carbons (Fsp3) is 0.174. The van der Waals surface area contributed by atoms with Gasteiger partial charge in [0, 0.05) is 17.3 Å². The summed E-state index contributed by atoms with van der Waals surface area (Å²) in [5.74, 6) is 0.614. The number of aromatic nitrogens is 3. The van der Waals surface area contributed by atoms with E-state index in [4.69, 9.17) is 4.98 Å². The van der Waals surface area contributed by atoms with Crippen LogP contribution in [0, 0.1) is 0 Å². The molecular formula is C23H19BrN4O2. The first-order valence-corrected chi connectivity index (χ1v) is 10.6. The average molecular weight is 463 g/mol. The Morgan fingerprint density at radius 2 is 1.80 bits per heavy atom. The number of nitrogens with one attached hydrogen (secondary N) is 1. The molecule has 0 atom stereocenters. The van der Waals surface area contributed by atoms with Crippen molar-refractivity contribution in [2.24, 2.45) is 0 Å². The molecule has 0 radical (unpaired) electrons. The van der Waals surface area contributed by atoms with Crippen molar-refractivity contribution in [2.45, 2.75) is 24.8 Å². The quantitative estimate of drug-likeness (QED) is 0.421. The normalized spacial score (nSPS) is 15.0. The van der Waals surface area contributed by atoms with E-state index in [1.807, 2.05) is 53.1 Å². The van der Waals surface area contributed by atoms with Crippen LogP contribution in [0.2, 0.25) is 0 Å². The minimum absolute atomic E-state index is 0.474. The van der Waals surface area contributed by atoms with Crippen molar-refractivity contribution in [3.63, 3.8) is 0 Å². The number of rotatable bonds is 4. The molecule has 1 aliphatic rings. The Bertz CT molecular complexity index is 1230. The van der Waals surface area contributed by atoms with Crippen LogP contribution >= 0.6 is 15.9 Å². The van der Waals surface area contributed by atoms with Gasteiger partial charge in [-0.3, -0.25) is 4.40 Å². The fourth-order valence-corrected chi connectivity index (χ4v) is 4.46. The summed E-state index contributed by atoms with van der Waals surface area (Å²) in [6.45, 7) is 0. The van der Waals surface area contributed by atoms with Gasteiger partial charge in [-0.25, -0.2) is 14.8 Å². The molecule has 1 aliphatic carbocycles. The molecule has 6 nitrogen and oxygen atoms in total. The number of amides is 1. The van der Waals surface area contributed by atoms with Gasteiger partial charge >= 0.3 is 6.09 Å². The largest absolute Gasteiger partial charge is 0.465 e. The predicted molar refractivity (Wildman–Crippen MR) is 118 cm³/mol. The smallest absolute Gasteiger partial charge is 0.405 e. The Balaban J connectivity index is 1.61. The molecule has 2 aromatic heterocycles. The predicted octanol–water partition coefficient (Wildman–Crippen LogP) is 5.47. The van der Waals surface area contributed by atoms with Gasteiger partial charge in [0.2, 0.25) is 5.78 Å². The highest BCUT2D eigenvalue weighted by Crippen LogP contribution is 2.42. The Labute approximate surface area is 181 Å². The molecule has 0 aliphatic heterocycles. The molecule has 1 saturated carbocycles. The van der Waals surface area contributed by atoms with Crippen LogP contribution < -0.4 is 5.32 Å². The number of hydrogen-bond donors (Lipinski definition) is 2. The van der Waals surface area contributed by atoms with E-state index >= 15 is 0 Å². The molecule has 0 saturated heterocycles. The third-order valence-electron chi connectivity index (χ3n) is 5.81. The Morgan fingerprint density at radius 1 is 1.07 bits per heavy atom. The van der Waals surface area contributed by atoms with Gasteiger partial charge in [0.15, 0.2) is 0 Å². The van der Waals surface area contributed by atoms with Gasteiger partial charge < -0.3 is 10.4 Å². The van der Waals surface area contributed by atoms with Crippen molar-refractivity contribution >= 4 is 27.8 Å². The number of carbonyl (C=O) groups is 1. The number of halogens is 1. The van der Waals surface area contributed by atoms with E-state index in [2.05, 4.69) is 38.4 Å². The zero-order valence-corrected chi connectivity index (χ0v) is 17.6. The summed E-state index contributed by atoms with van der Waals surface area (Å²) in [6.07, 6.45) is 5.45. The monoisotopic (exact) mass is 462 g/mol. The molecular weight excluding hydrogens is 444 g/mol. The Morgan fingerprint density at radius 3 is 2.43 bits per heavy atom. The summed E-state index contributed by atoms with van der Waals surface area (Å²) in [4.78, 5) is 20.5. The number of imidazole rings is 1. The van der Waals surface area contributed by atoms with Crippen LogP contribution in [0.1, 0.15) is 24.8 Å². The second-order valence-electron chi connectivity index (χ2n) is 7.56. The highest BCUT2D eigenvalue weighted by molar-refractivity contribution is 9.10. The third kappa shape index (κ3) is 3.15. The molecule has 5 rings (SSSR count). The first-order chi connectivity index (χ1) is 14.6. The molecule has 2 N–H and O–H groups in total. The number of hydrogen-bond acceptors (Lipinski definition) is 3. The minimum atomic E-state index is -0.984. The van der Waals surface area contributed by atoms with Gasteiger partial charge in [0.1, 0.15) is 4.60 Å². The summed E-state index contributed by atoms with van der Waals surface area (Å²) < 4.78 is 2.76. The van der Waals surface area contributed by atoms with E-state index < -0.39 is 11.6 Å². The molecule has 2 heterocycles. The lowest BCUT2D eigenvalue weighted by Crippen LogP contribution is -2.50. The van der Waals surface area contributed by atoms with E-state index in [-0.39, 0.29) is 0 Å². The van der Waals surface area contributed by atoms with Crippen LogP contribution in [0.5, 0.6) is 0 Å². The molecule has 150 valence electrons. The molecule has 30 heavy (non-hydrogen) atoms. The lowest BCUT2D eigenvalue weighted by Gasteiger charge is -2.42. The van der Waals surface area contributed by atoms with Crippen molar-refractivity contribution in [3.8, 4) is 22.4 Å². The zero-order chi connectivity index (χ0) is 20.7. The van der Waals surface area contributed by atoms with Crippen LogP contribution in [0.3, 0.4) is 0 Å². The Hall–Kier alpha value is -3.19. The van der Waals surface area contributed by atoms with E-state index in [0.29, 0.717) is 5.78 Å². The molecule has 0 unspecified atom stereocenters. The standard InChI is InChI=1S/C23H19BrN4O2/c24-19-13-25-21-26-20(18(14-28(19)21)15-5-2-1-3-6-15)16-7-9-17(10-8-16)23(11-4-12-23)27-22(29)30/h1-3,5-10,13-14,27H,4,11-12H2,(H,29,30). The molecule has 7 heteroatoms. The van der Waals surface area contributed by atoms with Crippen LogP contribution in [-0.2, 0) is 5.54 Å². The lowest BCUT2D eigenvalue weighted by molar-refractivity contribution is 0.144. The number of nitrogens with zero attached hydrogens (tertiary/aromatic N) is 3. The topological polar surface area (TPSA) is 79.5 Å². The van der Waals surface area contributed by atoms with Crippen molar-refractivity contribution in [1.29, 1.82) is 0 Å². The van der Waals surface area contributed by atoms with Gasteiger partial charge in [0.25, 0.3) is 0 Å². The van der Waals surface area contributed by atoms with Gasteiger partial charge in [0.05, 0.1) is 17.4 Å². The van der Waals surface area contributed by atoms with Gasteiger partial charge in [-0.2, -0.15) is 0 Å². The summed E-state index contributed by atoms with van der Waals surface area (Å²) in [5, 5.41) is 12.0. The Kier molecular flexibility index (Phi) is 4.55. The molecule has 4 aromatic rings. The van der Waals surface area contributed by atoms with Crippen LogP contribution in [0.4, 0.5) is 4.79 Å². The van der Waals surface area contributed by atoms with Crippen LogP contribution in [-0.4, -0.2) is 25.6 Å². The SMILES string of the molecule is O=C(O)NC1(c2ccc(-c3nc4ncc(Br)n4cc3-c3ccccc3)cc2)CCC1. The summed E-state index contributed by atoms with van der Waals surface area (Å²) in [5.41, 5.74) is 4.38. The van der Waals surface area contributed by atoms with Crippen LogP contribution in [0.15, 0.2) is 71.6 Å². The lowest BCUT2D eigenvalue weighted by atomic mass is 9.71. The van der Waals surface area contributed by atoms with Crippen molar-refractivity contribution in [3.05, 3.63) is 77.2 Å². The van der Waals surface area contributed by atoms with Gasteiger partial charge in [-0.1, -0.05) is 54.6 Å². The molecule has 0 bridgehead atoms. The third-order valence-corrected chi connectivity index (χ3v) is 6.39. The number of benzene rings is 2. The highest BCUT2D eigenvalue weighted by atomic mass is 79.9. The fourth-order valence-electron chi connectivity index (χ4n) is 4.10. The van der Waals surface area contributed by atoms with Crippen molar-refractivity contribution in [1.82, 2.24) is 19.7 Å². The van der Waals surface area contributed by atoms with Crippen molar-refractivity contribution < 1.29 is 9.90 Å². The van der Waals surface area contributed by atoms with E-state index in [9.17, 15) is 9.90 Å². The molecule has 2 aromatic carbocycles. The second-order valence-corrected chi connectivity index (χ2v) is 8.38. The maximum atomic E-state index is 11.3. The number of fused-ring (bicyclic) bond motifs is 1. The molecule has 0 spiro atoms. The first-order valence-electron chi connectivity index (χ1n) is 9.77. The minimum Gasteiger partial charge on any atom is -0.465 e. The molecule has 1 fully saturated rings. The first kappa shape index (κ1) is 18.8. The summed E-state index contributed by atoms with van der Waals surface area (Å²) in [7, 11) is 0.